The summed E-state index contributed by atoms with van der Waals surface area (Å²) in [6.45, 7) is 2.88. The number of rotatable bonds is 6. The van der Waals surface area contributed by atoms with Gasteiger partial charge < -0.3 is 24.3 Å². The number of furan rings is 1. The van der Waals surface area contributed by atoms with Crippen LogP contribution in [0.1, 0.15) is 10.6 Å². The predicted octanol–water partition coefficient (Wildman–Crippen LogP) is 3.26. The average molecular weight is 405 g/mol. The molecule has 2 amide bonds. The Balaban J connectivity index is 1.26. The molecular formula is C23H23N3O4. The highest BCUT2D eigenvalue weighted by Crippen LogP contribution is 2.19. The van der Waals surface area contributed by atoms with Gasteiger partial charge in [-0.1, -0.05) is 24.3 Å². The van der Waals surface area contributed by atoms with Crippen LogP contribution in [0.5, 0.6) is 5.75 Å². The fourth-order valence-electron chi connectivity index (χ4n) is 3.35. The van der Waals surface area contributed by atoms with Crippen LogP contribution in [-0.2, 0) is 4.79 Å². The highest BCUT2D eigenvalue weighted by atomic mass is 16.5. The zero-order valence-electron chi connectivity index (χ0n) is 16.5. The first-order valence-corrected chi connectivity index (χ1v) is 9.84. The third-order valence-electron chi connectivity index (χ3n) is 4.95. The monoisotopic (exact) mass is 405 g/mol. The lowest BCUT2D eigenvalue weighted by molar-refractivity contribution is -0.133. The first-order valence-electron chi connectivity index (χ1n) is 9.84. The van der Waals surface area contributed by atoms with Gasteiger partial charge in [-0.3, -0.25) is 9.59 Å². The van der Waals surface area contributed by atoms with Crippen LogP contribution < -0.4 is 15.0 Å². The van der Waals surface area contributed by atoms with Gasteiger partial charge in [0.05, 0.1) is 6.26 Å². The van der Waals surface area contributed by atoms with Gasteiger partial charge in [-0.2, -0.15) is 0 Å². The van der Waals surface area contributed by atoms with Gasteiger partial charge in [0.1, 0.15) is 5.75 Å². The molecule has 154 valence electrons. The fraction of sp³-hybridized carbons (Fsp3) is 0.217. The standard InChI is InChI=1S/C23H23N3O4/c27-22(26-13-11-25(12-14-26)19-7-2-1-3-8-19)17-30-20-9-4-6-18(16-20)24-23(28)21-10-5-15-29-21/h1-10,15-16H,11-14,17H2,(H,24,28). The zero-order valence-corrected chi connectivity index (χ0v) is 16.5. The number of para-hydroxylation sites is 1. The van der Waals surface area contributed by atoms with E-state index in [4.69, 9.17) is 9.15 Å². The number of anilines is 2. The number of ether oxygens (including phenoxy) is 1. The summed E-state index contributed by atoms with van der Waals surface area (Å²) >= 11 is 0. The first kappa shape index (κ1) is 19.6. The average Bonchev–Trinajstić information content (AvgIpc) is 3.34. The van der Waals surface area contributed by atoms with Crippen LogP contribution >= 0.6 is 0 Å². The van der Waals surface area contributed by atoms with E-state index in [1.807, 2.05) is 23.1 Å². The number of benzene rings is 2. The molecule has 0 radical (unpaired) electrons. The van der Waals surface area contributed by atoms with E-state index >= 15 is 0 Å². The molecule has 2 heterocycles. The van der Waals surface area contributed by atoms with Gasteiger partial charge in [0.25, 0.3) is 11.8 Å². The minimum atomic E-state index is -0.343. The molecule has 2 aromatic carbocycles. The number of nitrogens with zero attached hydrogens (tertiary/aromatic N) is 2. The quantitative estimate of drug-likeness (QED) is 0.681. The maximum atomic E-state index is 12.5. The highest BCUT2D eigenvalue weighted by Gasteiger charge is 2.21. The molecule has 1 aromatic heterocycles. The van der Waals surface area contributed by atoms with Crippen LogP contribution in [0.3, 0.4) is 0 Å². The van der Waals surface area contributed by atoms with Crippen molar-refractivity contribution in [2.45, 2.75) is 0 Å². The van der Waals surface area contributed by atoms with Gasteiger partial charge in [-0.05, 0) is 36.4 Å². The molecule has 4 rings (SSSR count). The molecular weight excluding hydrogens is 382 g/mol. The number of amides is 2. The summed E-state index contributed by atoms with van der Waals surface area (Å²) in [5, 5.41) is 2.74. The van der Waals surface area contributed by atoms with Gasteiger partial charge >= 0.3 is 0 Å². The van der Waals surface area contributed by atoms with E-state index in [0.29, 0.717) is 24.5 Å². The molecule has 1 fully saturated rings. The third kappa shape index (κ3) is 4.81. The number of hydrogen-bond donors (Lipinski definition) is 1. The molecule has 1 saturated heterocycles. The van der Waals surface area contributed by atoms with Crippen LogP contribution in [-0.4, -0.2) is 49.5 Å². The summed E-state index contributed by atoms with van der Waals surface area (Å²) in [7, 11) is 0. The Bertz CT molecular complexity index is 981. The summed E-state index contributed by atoms with van der Waals surface area (Å²) < 4.78 is 10.7. The van der Waals surface area contributed by atoms with Gasteiger partial charge in [-0.15, -0.1) is 0 Å². The van der Waals surface area contributed by atoms with E-state index in [1.165, 1.54) is 12.0 Å². The molecule has 1 N–H and O–H groups in total. The molecule has 1 aliphatic heterocycles. The van der Waals surface area contributed by atoms with Crippen molar-refractivity contribution in [2.75, 3.05) is 43.0 Å². The molecule has 7 heteroatoms. The molecule has 7 nitrogen and oxygen atoms in total. The topological polar surface area (TPSA) is 75.0 Å². The molecule has 30 heavy (non-hydrogen) atoms. The van der Waals surface area contributed by atoms with Gasteiger partial charge in [0.15, 0.2) is 12.4 Å². The fourth-order valence-corrected chi connectivity index (χ4v) is 3.35. The third-order valence-corrected chi connectivity index (χ3v) is 4.95. The van der Waals surface area contributed by atoms with Gasteiger partial charge in [0, 0.05) is 43.6 Å². The van der Waals surface area contributed by atoms with Crippen LogP contribution in [0.2, 0.25) is 0 Å². The lowest BCUT2D eigenvalue weighted by Gasteiger charge is -2.36. The molecule has 0 spiro atoms. The second kappa shape index (κ2) is 9.17. The summed E-state index contributed by atoms with van der Waals surface area (Å²) in [6, 6.07) is 20.4. The Morgan fingerprint density at radius 1 is 0.933 bits per heavy atom. The zero-order chi connectivity index (χ0) is 20.8. The van der Waals surface area contributed by atoms with E-state index in [9.17, 15) is 9.59 Å². The number of carbonyl (C=O) groups excluding carboxylic acids is 2. The van der Waals surface area contributed by atoms with E-state index in [1.54, 1.807) is 36.4 Å². The number of piperazine rings is 1. The number of hydrogen-bond acceptors (Lipinski definition) is 5. The van der Waals surface area contributed by atoms with Crippen molar-refractivity contribution in [3.05, 3.63) is 78.8 Å². The summed E-state index contributed by atoms with van der Waals surface area (Å²) in [4.78, 5) is 28.7. The Labute approximate surface area is 174 Å². The Morgan fingerprint density at radius 2 is 1.73 bits per heavy atom. The van der Waals surface area contributed by atoms with Crippen molar-refractivity contribution in [1.29, 1.82) is 0 Å². The van der Waals surface area contributed by atoms with Crippen molar-refractivity contribution >= 4 is 23.2 Å². The smallest absolute Gasteiger partial charge is 0.291 e. The van der Waals surface area contributed by atoms with Gasteiger partial charge in [-0.25, -0.2) is 0 Å². The maximum absolute atomic E-state index is 12.5. The van der Waals surface area contributed by atoms with E-state index in [0.717, 1.165) is 13.1 Å². The molecule has 0 unspecified atom stereocenters. The summed E-state index contributed by atoms with van der Waals surface area (Å²) in [5.41, 5.74) is 1.74. The highest BCUT2D eigenvalue weighted by molar-refractivity contribution is 6.02. The lowest BCUT2D eigenvalue weighted by Crippen LogP contribution is -2.50. The SMILES string of the molecule is O=C(Nc1cccc(OCC(=O)N2CCN(c3ccccc3)CC2)c1)c1ccco1. The maximum Gasteiger partial charge on any atom is 0.291 e. The largest absolute Gasteiger partial charge is 0.484 e. The van der Waals surface area contributed by atoms with Crippen LogP contribution in [0.15, 0.2) is 77.4 Å². The van der Waals surface area contributed by atoms with Crippen LogP contribution in [0.4, 0.5) is 11.4 Å². The molecule has 0 atom stereocenters. The predicted molar refractivity (Wildman–Crippen MR) is 114 cm³/mol. The number of carbonyl (C=O) groups is 2. The molecule has 0 aliphatic carbocycles. The molecule has 1 aliphatic rings. The van der Waals surface area contributed by atoms with E-state index in [-0.39, 0.29) is 24.2 Å². The van der Waals surface area contributed by atoms with Crippen LogP contribution in [0, 0.1) is 0 Å². The Hall–Kier alpha value is -3.74. The number of nitrogens with one attached hydrogen (secondary N) is 1. The van der Waals surface area contributed by atoms with Crippen molar-refractivity contribution in [3.63, 3.8) is 0 Å². The van der Waals surface area contributed by atoms with E-state index < -0.39 is 0 Å². The van der Waals surface area contributed by atoms with Crippen molar-refractivity contribution in [1.82, 2.24) is 4.90 Å². The van der Waals surface area contributed by atoms with Crippen molar-refractivity contribution in [2.24, 2.45) is 0 Å². The summed E-state index contributed by atoms with van der Waals surface area (Å²) in [5.74, 6) is 0.354. The van der Waals surface area contributed by atoms with Crippen molar-refractivity contribution < 1.29 is 18.7 Å². The molecule has 0 bridgehead atoms. The van der Waals surface area contributed by atoms with Crippen LogP contribution in [0.25, 0.3) is 0 Å². The minimum absolute atomic E-state index is 0.0408. The minimum Gasteiger partial charge on any atom is -0.484 e. The Kier molecular flexibility index (Phi) is 5.98. The second-order valence-electron chi connectivity index (χ2n) is 6.95. The van der Waals surface area contributed by atoms with E-state index in [2.05, 4.69) is 22.3 Å². The second-order valence-corrected chi connectivity index (χ2v) is 6.95. The normalized spacial score (nSPS) is 13.7. The lowest BCUT2D eigenvalue weighted by atomic mass is 10.2. The summed E-state index contributed by atoms with van der Waals surface area (Å²) in [6.07, 6.45) is 1.44. The van der Waals surface area contributed by atoms with Gasteiger partial charge in [0.2, 0.25) is 0 Å². The Morgan fingerprint density at radius 3 is 2.47 bits per heavy atom. The molecule has 0 saturated carbocycles. The van der Waals surface area contributed by atoms with Crippen molar-refractivity contribution in [3.8, 4) is 5.75 Å². The molecule has 3 aromatic rings. The first-order chi connectivity index (χ1) is 14.7.